The first-order valence-electron chi connectivity index (χ1n) is 9.78. The number of aromatic nitrogens is 3. The Bertz CT molecular complexity index is 1230. The third-order valence-electron chi connectivity index (χ3n) is 4.74. The number of rotatable bonds is 9. The molecule has 0 saturated heterocycles. The molecular formula is C23H22N4O4S. The van der Waals surface area contributed by atoms with Gasteiger partial charge >= 0.3 is 0 Å². The van der Waals surface area contributed by atoms with Gasteiger partial charge in [0.25, 0.3) is 0 Å². The van der Waals surface area contributed by atoms with Crippen LogP contribution in [0.4, 0.5) is 0 Å². The van der Waals surface area contributed by atoms with Crippen molar-refractivity contribution < 1.29 is 19.0 Å². The number of fused-ring (bicyclic) bond motifs is 1. The number of hydrogen-bond donors (Lipinski definition) is 1. The smallest absolute Gasteiger partial charge is 0.227 e. The predicted octanol–water partition coefficient (Wildman–Crippen LogP) is 3.59. The van der Waals surface area contributed by atoms with Crippen LogP contribution in [0, 0.1) is 0 Å². The van der Waals surface area contributed by atoms with E-state index in [0.29, 0.717) is 22.5 Å². The first-order chi connectivity index (χ1) is 15.6. The standard InChI is InChI=1S/C23H22N4O4S/c1-29-17-10-16(11-18(12-17)30-2)27-22(25-26-23(27)32-14-21(24)28)13-31-20-9-5-7-15-6-3-4-8-19(15)20/h3-12H,13-14H2,1-2H3,(H2,24,28). The van der Waals surface area contributed by atoms with Crippen molar-refractivity contribution in [1.82, 2.24) is 14.8 Å². The summed E-state index contributed by atoms with van der Waals surface area (Å²) < 4.78 is 18.8. The van der Waals surface area contributed by atoms with Crippen LogP contribution in [0.15, 0.2) is 65.8 Å². The Labute approximate surface area is 189 Å². The van der Waals surface area contributed by atoms with Gasteiger partial charge in [0.2, 0.25) is 5.91 Å². The molecule has 0 unspecified atom stereocenters. The lowest BCUT2D eigenvalue weighted by Crippen LogP contribution is -2.14. The second-order valence-corrected chi connectivity index (χ2v) is 7.77. The molecule has 0 spiro atoms. The Morgan fingerprint density at radius 3 is 2.44 bits per heavy atom. The van der Waals surface area contributed by atoms with Crippen molar-refractivity contribution in [3.63, 3.8) is 0 Å². The zero-order chi connectivity index (χ0) is 22.5. The minimum absolute atomic E-state index is 0.0728. The molecule has 32 heavy (non-hydrogen) atoms. The van der Waals surface area contributed by atoms with E-state index in [-0.39, 0.29) is 12.4 Å². The van der Waals surface area contributed by atoms with Crippen LogP contribution in [0.3, 0.4) is 0 Å². The van der Waals surface area contributed by atoms with Crippen LogP contribution < -0.4 is 19.9 Å². The van der Waals surface area contributed by atoms with Crippen molar-refractivity contribution >= 4 is 28.4 Å². The second-order valence-electron chi connectivity index (χ2n) is 6.83. The van der Waals surface area contributed by atoms with E-state index in [4.69, 9.17) is 19.9 Å². The van der Waals surface area contributed by atoms with E-state index in [2.05, 4.69) is 10.2 Å². The van der Waals surface area contributed by atoms with Gasteiger partial charge in [-0.05, 0) is 11.5 Å². The van der Waals surface area contributed by atoms with Crippen LogP contribution in [0.1, 0.15) is 5.82 Å². The Morgan fingerprint density at radius 1 is 1.00 bits per heavy atom. The summed E-state index contributed by atoms with van der Waals surface area (Å²) in [6.45, 7) is 0.164. The van der Waals surface area contributed by atoms with Gasteiger partial charge < -0.3 is 19.9 Å². The monoisotopic (exact) mass is 450 g/mol. The molecule has 9 heteroatoms. The SMILES string of the molecule is COc1cc(OC)cc(-n2c(COc3cccc4ccccc34)nnc2SCC(N)=O)c1. The summed E-state index contributed by atoms with van der Waals surface area (Å²) >= 11 is 1.20. The van der Waals surface area contributed by atoms with Gasteiger partial charge in [-0.25, -0.2) is 0 Å². The van der Waals surface area contributed by atoms with E-state index < -0.39 is 5.91 Å². The first-order valence-corrected chi connectivity index (χ1v) is 10.8. The molecule has 0 aliphatic rings. The number of carbonyl (C=O) groups excluding carboxylic acids is 1. The average Bonchev–Trinajstić information content (AvgIpc) is 3.23. The van der Waals surface area contributed by atoms with Crippen molar-refractivity contribution in [3.8, 4) is 22.9 Å². The van der Waals surface area contributed by atoms with Gasteiger partial charge in [0.1, 0.15) is 23.9 Å². The Morgan fingerprint density at radius 2 is 1.72 bits per heavy atom. The van der Waals surface area contributed by atoms with Gasteiger partial charge in [0, 0.05) is 23.6 Å². The number of carbonyl (C=O) groups is 1. The average molecular weight is 451 g/mol. The summed E-state index contributed by atoms with van der Waals surface area (Å²) in [6, 6.07) is 19.3. The van der Waals surface area contributed by atoms with Crippen LogP contribution >= 0.6 is 11.8 Å². The summed E-state index contributed by atoms with van der Waals surface area (Å²) in [4.78, 5) is 11.3. The quantitative estimate of drug-likeness (QED) is 0.389. The maximum absolute atomic E-state index is 11.3. The normalized spacial score (nSPS) is 10.8. The highest BCUT2D eigenvalue weighted by molar-refractivity contribution is 7.99. The van der Waals surface area contributed by atoms with E-state index in [1.165, 1.54) is 11.8 Å². The van der Waals surface area contributed by atoms with Gasteiger partial charge in [0.05, 0.1) is 25.7 Å². The molecule has 8 nitrogen and oxygen atoms in total. The number of thioether (sulfide) groups is 1. The maximum Gasteiger partial charge on any atom is 0.227 e. The molecule has 0 aliphatic carbocycles. The van der Waals surface area contributed by atoms with Crippen LogP contribution in [0.2, 0.25) is 0 Å². The number of nitrogens with two attached hydrogens (primary N) is 1. The van der Waals surface area contributed by atoms with E-state index in [1.807, 2.05) is 59.2 Å². The largest absolute Gasteiger partial charge is 0.497 e. The summed E-state index contributed by atoms with van der Waals surface area (Å²) in [5, 5.41) is 11.2. The highest BCUT2D eigenvalue weighted by Gasteiger charge is 2.18. The van der Waals surface area contributed by atoms with Crippen LogP contribution in [0.5, 0.6) is 17.2 Å². The lowest BCUT2D eigenvalue weighted by Gasteiger charge is -2.14. The molecule has 0 saturated carbocycles. The molecule has 1 aromatic heterocycles. The van der Waals surface area contributed by atoms with Crippen LogP contribution in [0.25, 0.3) is 16.5 Å². The van der Waals surface area contributed by atoms with Crippen molar-refractivity contribution in [2.24, 2.45) is 5.73 Å². The number of primary amides is 1. The molecule has 3 aromatic carbocycles. The topological polar surface area (TPSA) is 101 Å². The fraction of sp³-hybridized carbons (Fsp3) is 0.174. The van der Waals surface area contributed by atoms with E-state index in [9.17, 15) is 4.79 Å². The van der Waals surface area contributed by atoms with Crippen LogP contribution in [-0.2, 0) is 11.4 Å². The molecule has 4 rings (SSSR count). The maximum atomic E-state index is 11.3. The van der Waals surface area contributed by atoms with Gasteiger partial charge in [-0.15, -0.1) is 10.2 Å². The third-order valence-corrected chi connectivity index (χ3v) is 5.70. The fourth-order valence-electron chi connectivity index (χ4n) is 3.27. The van der Waals surface area contributed by atoms with Gasteiger partial charge in [-0.3, -0.25) is 9.36 Å². The highest BCUT2D eigenvalue weighted by atomic mass is 32.2. The molecule has 0 aliphatic heterocycles. The van der Waals surface area contributed by atoms with Crippen molar-refractivity contribution in [2.75, 3.05) is 20.0 Å². The molecule has 1 amide bonds. The van der Waals surface area contributed by atoms with E-state index >= 15 is 0 Å². The Balaban J connectivity index is 1.71. The zero-order valence-electron chi connectivity index (χ0n) is 17.6. The summed E-state index contributed by atoms with van der Waals surface area (Å²) in [7, 11) is 3.16. The predicted molar refractivity (Wildman–Crippen MR) is 123 cm³/mol. The zero-order valence-corrected chi connectivity index (χ0v) is 18.5. The molecule has 164 valence electrons. The minimum atomic E-state index is -0.443. The van der Waals surface area contributed by atoms with Gasteiger partial charge in [0.15, 0.2) is 11.0 Å². The molecular weight excluding hydrogens is 428 g/mol. The number of methoxy groups -OCH3 is 2. The minimum Gasteiger partial charge on any atom is -0.497 e. The third kappa shape index (κ3) is 4.62. The number of hydrogen-bond acceptors (Lipinski definition) is 7. The molecule has 4 aromatic rings. The lowest BCUT2D eigenvalue weighted by molar-refractivity contribution is -0.115. The summed E-state index contributed by atoms with van der Waals surface area (Å²) in [5.41, 5.74) is 6.05. The van der Waals surface area contributed by atoms with Crippen LogP contribution in [-0.4, -0.2) is 40.6 Å². The first kappa shape index (κ1) is 21.5. The lowest BCUT2D eigenvalue weighted by atomic mass is 10.1. The molecule has 0 bridgehead atoms. The number of nitrogens with zero attached hydrogens (tertiary/aromatic N) is 3. The summed E-state index contributed by atoms with van der Waals surface area (Å²) in [5.74, 6) is 2.15. The molecule has 0 fully saturated rings. The van der Waals surface area contributed by atoms with E-state index in [0.717, 1.165) is 22.2 Å². The number of ether oxygens (including phenoxy) is 3. The second kappa shape index (κ2) is 9.61. The van der Waals surface area contributed by atoms with E-state index in [1.54, 1.807) is 20.3 Å². The van der Waals surface area contributed by atoms with Gasteiger partial charge in [-0.2, -0.15) is 0 Å². The number of benzene rings is 3. The summed E-state index contributed by atoms with van der Waals surface area (Å²) in [6.07, 6.45) is 0. The Kier molecular flexibility index (Phi) is 6.46. The Hall–Kier alpha value is -3.72. The molecule has 1 heterocycles. The molecule has 2 N–H and O–H groups in total. The fourth-order valence-corrected chi connectivity index (χ4v) is 3.98. The van der Waals surface area contributed by atoms with Crippen molar-refractivity contribution in [1.29, 1.82) is 0 Å². The highest BCUT2D eigenvalue weighted by Crippen LogP contribution is 2.30. The van der Waals surface area contributed by atoms with Gasteiger partial charge in [-0.1, -0.05) is 48.2 Å². The van der Waals surface area contributed by atoms with Crippen molar-refractivity contribution in [3.05, 3.63) is 66.5 Å². The number of amides is 1. The molecule has 0 atom stereocenters. The molecule has 0 radical (unpaired) electrons. The van der Waals surface area contributed by atoms with Crippen molar-refractivity contribution in [2.45, 2.75) is 11.8 Å².